The van der Waals surface area contributed by atoms with Gasteiger partial charge in [0.05, 0.1) is 31.7 Å². The van der Waals surface area contributed by atoms with Crippen molar-refractivity contribution in [3.8, 4) is 0 Å². The summed E-state index contributed by atoms with van der Waals surface area (Å²) < 4.78 is 21.2. The predicted molar refractivity (Wildman–Crippen MR) is 85.9 cm³/mol. The lowest BCUT2D eigenvalue weighted by molar-refractivity contribution is -0.315. The predicted octanol–water partition coefficient (Wildman–Crippen LogP) is -2.21. The fourth-order valence-electron chi connectivity index (χ4n) is 4.43. The number of fused-ring (bicyclic) bond motifs is 1. The van der Waals surface area contributed by atoms with Gasteiger partial charge in [0.1, 0.15) is 31.0 Å². The lowest BCUT2D eigenvalue weighted by Crippen LogP contribution is -2.60. The third-order valence-electron chi connectivity index (χ3n) is 5.86. The number of hydrogen-bond acceptors (Lipinski definition) is 10. The minimum atomic E-state index is -1.57. The number of carbonyl (C=O) groups is 2. The highest BCUT2D eigenvalue weighted by Gasteiger charge is 2.56. The number of aliphatic hydroxyl groups is 4. The first-order valence-electron chi connectivity index (χ1n) is 9.00. The summed E-state index contributed by atoms with van der Waals surface area (Å²) >= 11 is 0. The van der Waals surface area contributed by atoms with Crippen molar-refractivity contribution in [1.29, 1.82) is 0 Å². The van der Waals surface area contributed by atoms with E-state index >= 15 is 0 Å². The number of cyclic esters (lactones) is 1. The first-order valence-corrected chi connectivity index (χ1v) is 9.00. The van der Waals surface area contributed by atoms with Crippen LogP contribution in [0.3, 0.4) is 0 Å². The molecule has 3 rings (SSSR count). The van der Waals surface area contributed by atoms with Gasteiger partial charge < -0.3 is 39.4 Å². The number of ether oxygens (including phenoxy) is 4. The van der Waals surface area contributed by atoms with E-state index in [-0.39, 0.29) is 12.5 Å². The smallest absolute Gasteiger partial charge is 0.312 e. The summed E-state index contributed by atoms with van der Waals surface area (Å²) in [7, 11) is 1.25. The van der Waals surface area contributed by atoms with E-state index in [1.807, 2.05) is 6.92 Å². The minimum absolute atomic E-state index is 0.117. The molecule has 154 valence electrons. The van der Waals surface area contributed by atoms with E-state index in [1.54, 1.807) is 0 Å². The van der Waals surface area contributed by atoms with Crippen molar-refractivity contribution < 1.29 is 49.0 Å². The second-order valence-electron chi connectivity index (χ2n) is 7.45. The van der Waals surface area contributed by atoms with Crippen LogP contribution in [0.1, 0.15) is 13.3 Å². The summed E-state index contributed by atoms with van der Waals surface area (Å²) in [6, 6.07) is 0. The van der Waals surface area contributed by atoms with Crippen LogP contribution in [0.15, 0.2) is 0 Å². The summed E-state index contributed by atoms with van der Waals surface area (Å²) in [6.45, 7) is 1.15. The Morgan fingerprint density at radius 3 is 2.56 bits per heavy atom. The van der Waals surface area contributed by atoms with E-state index in [4.69, 9.17) is 18.9 Å². The molecule has 1 saturated carbocycles. The summed E-state index contributed by atoms with van der Waals surface area (Å²) in [5, 5.41) is 39.3. The fraction of sp³-hybridized carbons (Fsp3) is 0.882. The van der Waals surface area contributed by atoms with E-state index in [0.717, 1.165) is 0 Å². The molecule has 1 aliphatic carbocycles. The second kappa shape index (κ2) is 7.98. The van der Waals surface area contributed by atoms with E-state index in [0.29, 0.717) is 6.42 Å². The average molecular weight is 390 g/mol. The van der Waals surface area contributed by atoms with E-state index in [1.165, 1.54) is 7.11 Å². The molecular weight excluding hydrogens is 364 g/mol. The van der Waals surface area contributed by atoms with Gasteiger partial charge in [0.15, 0.2) is 6.29 Å². The Morgan fingerprint density at radius 2 is 1.93 bits per heavy atom. The van der Waals surface area contributed by atoms with Crippen LogP contribution in [-0.2, 0) is 28.5 Å². The highest BCUT2D eigenvalue weighted by atomic mass is 16.7. The summed E-state index contributed by atoms with van der Waals surface area (Å²) in [5.41, 5.74) is 0. The molecule has 10 atom stereocenters. The Morgan fingerprint density at radius 1 is 1.22 bits per heavy atom. The van der Waals surface area contributed by atoms with Gasteiger partial charge in [-0.05, 0) is 12.3 Å². The van der Waals surface area contributed by atoms with Crippen molar-refractivity contribution in [2.24, 2.45) is 23.7 Å². The molecule has 0 bridgehead atoms. The van der Waals surface area contributed by atoms with Crippen LogP contribution >= 0.6 is 0 Å². The molecular formula is C17H26O10. The number of aliphatic hydroxyl groups excluding tert-OH is 4. The monoisotopic (exact) mass is 390 g/mol. The van der Waals surface area contributed by atoms with Crippen molar-refractivity contribution in [3.63, 3.8) is 0 Å². The lowest BCUT2D eigenvalue weighted by Gasteiger charge is -2.42. The SMILES string of the molecule is COC(=O)[C@@H]1COC(=O)[C@H]2[C@@H]1[C@@H](O[C@@H]1O[C@H](CO)[C@@H](O)[C@H](O)[C@H]1O)C[C@@H]2C. The number of carbonyl (C=O) groups excluding carboxylic acids is 2. The van der Waals surface area contributed by atoms with Crippen molar-refractivity contribution in [2.45, 2.75) is 50.2 Å². The van der Waals surface area contributed by atoms with Gasteiger partial charge in [0.25, 0.3) is 0 Å². The maximum Gasteiger partial charge on any atom is 0.312 e. The third kappa shape index (κ3) is 3.57. The molecule has 2 heterocycles. The molecule has 3 fully saturated rings. The summed E-state index contributed by atoms with van der Waals surface area (Å²) in [5.74, 6) is -2.86. The highest BCUT2D eigenvalue weighted by molar-refractivity contribution is 5.80. The molecule has 10 heteroatoms. The largest absolute Gasteiger partial charge is 0.469 e. The second-order valence-corrected chi connectivity index (χ2v) is 7.45. The third-order valence-corrected chi connectivity index (χ3v) is 5.86. The van der Waals surface area contributed by atoms with Crippen LogP contribution < -0.4 is 0 Å². The van der Waals surface area contributed by atoms with E-state index in [2.05, 4.69) is 0 Å². The zero-order chi connectivity index (χ0) is 19.9. The van der Waals surface area contributed by atoms with Crippen LogP contribution in [-0.4, -0.2) is 89.5 Å². The molecule has 0 amide bonds. The van der Waals surface area contributed by atoms with Crippen molar-refractivity contribution in [1.82, 2.24) is 0 Å². The van der Waals surface area contributed by atoms with Crippen molar-refractivity contribution in [2.75, 3.05) is 20.3 Å². The average Bonchev–Trinajstić information content (AvgIpc) is 2.99. The summed E-state index contributed by atoms with van der Waals surface area (Å²) in [4.78, 5) is 24.4. The summed E-state index contributed by atoms with van der Waals surface area (Å²) in [6.07, 6.45) is -7.26. The lowest BCUT2D eigenvalue weighted by atomic mass is 9.79. The molecule has 0 aromatic carbocycles. The van der Waals surface area contributed by atoms with E-state index in [9.17, 15) is 30.0 Å². The molecule has 10 nitrogen and oxygen atoms in total. The number of hydrogen-bond donors (Lipinski definition) is 4. The minimum Gasteiger partial charge on any atom is -0.469 e. The Bertz CT molecular complexity index is 566. The van der Waals surface area contributed by atoms with Crippen LogP contribution in [0.2, 0.25) is 0 Å². The quantitative estimate of drug-likeness (QED) is 0.389. The molecule has 2 saturated heterocycles. The number of rotatable bonds is 4. The van der Waals surface area contributed by atoms with Gasteiger partial charge in [-0.2, -0.15) is 0 Å². The van der Waals surface area contributed by atoms with Crippen molar-refractivity contribution >= 4 is 11.9 Å². The topological polar surface area (TPSA) is 152 Å². The molecule has 0 aromatic heterocycles. The van der Waals surface area contributed by atoms with Crippen LogP contribution in [0.4, 0.5) is 0 Å². The normalized spacial score (nSPS) is 47.3. The fourth-order valence-corrected chi connectivity index (χ4v) is 4.43. The Hall–Kier alpha value is -1.30. The Labute approximate surface area is 156 Å². The molecule has 0 spiro atoms. The number of methoxy groups -OCH3 is 1. The molecule has 0 unspecified atom stereocenters. The van der Waals surface area contributed by atoms with Crippen LogP contribution in [0.25, 0.3) is 0 Å². The van der Waals surface area contributed by atoms with Gasteiger partial charge in [-0.15, -0.1) is 0 Å². The van der Waals surface area contributed by atoms with Gasteiger partial charge >= 0.3 is 11.9 Å². The van der Waals surface area contributed by atoms with Gasteiger partial charge in [-0.25, -0.2) is 0 Å². The molecule has 27 heavy (non-hydrogen) atoms. The van der Waals surface area contributed by atoms with Gasteiger partial charge in [0.2, 0.25) is 0 Å². The molecule has 0 aromatic rings. The van der Waals surface area contributed by atoms with Crippen molar-refractivity contribution in [3.05, 3.63) is 0 Å². The van der Waals surface area contributed by atoms with Gasteiger partial charge in [-0.1, -0.05) is 6.92 Å². The zero-order valence-electron chi connectivity index (χ0n) is 15.1. The molecule has 4 N–H and O–H groups in total. The molecule has 0 radical (unpaired) electrons. The maximum atomic E-state index is 12.2. The van der Waals surface area contributed by atoms with Crippen LogP contribution in [0.5, 0.6) is 0 Å². The Kier molecular flexibility index (Phi) is 6.04. The molecule has 3 aliphatic rings. The first kappa shape index (κ1) is 20.4. The maximum absolute atomic E-state index is 12.2. The van der Waals surface area contributed by atoms with E-state index < -0.39 is 73.1 Å². The van der Waals surface area contributed by atoms with Gasteiger partial charge in [-0.3, -0.25) is 9.59 Å². The number of esters is 2. The van der Waals surface area contributed by atoms with Crippen LogP contribution in [0, 0.1) is 23.7 Å². The highest BCUT2D eigenvalue weighted by Crippen LogP contribution is 2.47. The first-order chi connectivity index (χ1) is 12.8. The Balaban J connectivity index is 1.80. The standard InChI is InChI=1S/C17H26O10/c1-6-3-8(11-7(15(22)24-2)5-25-16(23)10(6)11)26-17-14(21)13(20)12(19)9(4-18)27-17/h6-14,17-21H,3-5H2,1-2H3/t6-,7+,8-,9+,10+,11-,12+,13-,14+,17+/m0/s1. The zero-order valence-corrected chi connectivity index (χ0v) is 15.1. The molecule has 2 aliphatic heterocycles. The van der Waals surface area contributed by atoms with Gasteiger partial charge in [0, 0.05) is 5.92 Å².